The van der Waals surface area contributed by atoms with E-state index in [9.17, 15) is 0 Å². The van der Waals surface area contributed by atoms with Crippen LogP contribution in [0.3, 0.4) is 0 Å². The second-order valence-electron chi connectivity index (χ2n) is 5.27. The van der Waals surface area contributed by atoms with Crippen molar-refractivity contribution in [1.29, 1.82) is 0 Å². The maximum absolute atomic E-state index is 6.42. The fourth-order valence-corrected chi connectivity index (χ4v) is 3.06. The van der Waals surface area contributed by atoms with E-state index >= 15 is 0 Å². The van der Waals surface area contributed by atoms with Gasteiger partial charge in [0.15, 0.2) is 0 Å². The number of hydrogen-bond donors (Lipinski definition) is 1. The molecule has 1 aliphatic rings. The molecule has 1 fully saturated rings. The first-order valence-electron chi connectivity index (χ1n) is 6.33. The number of hydrogen-bond acceptors (Lipinski definition) is 5. The molecule has 4 nitrogen and oxygen atoms in total. The molecular formula is C13H17N3OS. The average Bonchev–Trinajstić information content (AvgIpc) is 3.01. The summed E-state index contributed by atoms with van der Waals surface area (Å²) >= 11 is 1.63. The lowest BCUT2D eigenvalue weighted by Crippen LogP contribution is -2.40. The van der Waals surface area contributed by atoms with E-state index in [0.717, 1.165) is 37.2 Å². The van der Waals surface area contributed by atoms with Gasteiger partial charge in [-0.3, -0.25) is 0 Å². The average molecular weight is 263 g/mol. The van der Waals surface area contributed by atoms with Crippen LogP contribution in [0.4, 0.5) is 0 Å². The summed E-state index contributed by atoms with van der Waals surface area (Å²) in [7, 11) is 0. The molecule has 96 valence electrons. The summed E-state index contributed by atoms with van der Waals surface area (Å²) in [5.41, 5.74) is 7.00. The van der Waals surface area contributed by atoms with Crippen LogP contribution in [0.15, 0.2) is 21.3 Å². The molecule has 2 N–H and O–H groups in total. The van der Waals surface area contributed by atoms with Crippen LogP contribution in [0.25, 0.3) is 11.4 Å². The summed E-state index contributed by atoms with van der Waals surface area (Å²) in [6.07, 6.45) is 4.12. The van der Waals surface area contributed by atoms with Crippen LogP contribution in [-0.2, 0) is 5.54 Å². The van der Waals surface area contributed by atoms with E-state index in [4.69, 9.17) is 10.3 Å². The summed E-state index contributed by atoms with van der Waals surface area (Å²) in [6.45, 7) is 2.27. The molecule has 0 aromatic carbocycles. The van der Waals surface area contributed by atoms with Crippen molar-refractivity contribution in [3.63, 3.8) is 0 Å². The molecule has 1 saturated carbocycles. The molecule has 18 heavy (non-hydrogen) atoms. The lowest BCUT2D eigenvalue weighted by molar-refractivity contribution is 0.190. The van der Waals surface area contributed by atoms with Gasteiger partial charge in [0.2, 0.25) is 11.7 Å². The monoisotopic (exact) mass is 263 g/mol. The Morgan fingerprint density at radius 1 is 1.44 bits per heavy atom. The van der Waals surface area contributed by atoms with Crippen LogP contribution >= 0.6 is 11.3 Å². The third-order valence-corrected chi connectivity index (χ3v) is 4.48. The smallest absolute Gasteiger partial charge is 0.247 e. The molecule has 2 aromatic heterocycles. The van der Waals surface area contributed by atoms with Gasteiger partial charge in [0.1, 0.15) is 0 Å². The molecule has 0 spiro atoms. The van der Waals surface area contributed by atoms with Gasteiger partial charge in [-0.05, 0) is 43.0 Å². The Labute approximate surface area is 110 Å². The summed E-state index contributed by atoms with van der Waals surface area (Å²) < 4.78 is 5.38. The standard InChI is InChI=1S/C13H17N3OS/c1-9-2-5-13(14,6-3-9)12-15-11(16-17-12)10-4-7-18-8-10/h4,7-9H,2-3,5-6,14H2,1H3. The molecular weight excluding hydrogens is 246 g/mol. The van der Waals surface area contributed by atoms with Gasteiger partial charge < -0.3 is 10.3 Å². The maximum atomic E-state index is 6.42. The predicted octanol–water partition coefficient (Wildman–Crippen LogP) is 3.16. The summed E-state index contributed by atoms with van der Waals surface area (Å²) in [4.78, 5) is 4.48. The van der Waals surface area contributed by atoms with Crippen LogP contribution in [0.1, 0.15) is 38.5 Å². The van der Waals surface area contributed by atoms with E-state index < -0.39 is 5.54 Å². The first-order chi connectivity index (χ1) is 8.67. The number of rotatable bonds is 2. The fourth-order valence-electron chi connectivity index (χ4n) is 2.43. The van der Waals surface area contributed by atoms with Crippen molar-refractivity contribution >= 4 is 11.3 Å². The van der Waals surface area contributed by atoms with Gasteiger partial charge in [-0.15, -0.1) is 0 Å². The molecule has 1 aliphatic carbocycles. The minimum Gasteiger partial charge on any atom is -0.337 e. The molecule has 0 unspecified atom stereocenters. The van der Waals surface area contributed by atoms with Crippen LogP contribution in [0.2, 0.25) is 0 Å². The Balaban J connectivity index is 1.85. The van der Waals surface area contributed by atoms with Crippen molar-refractivity contribution in [1.82, 2.24) is 10.1 Å². The third-order valence-electron chi connectivity index (χ3n) is 3.80. The minimum atomic E-state index is -0.423. The lowest BCUT2D eigenvalue weighted by atomic mass is 9.78. The summed E-state index contributed by atoms with van der Waals surface area (Å²) in [5, 5.41) is 8.06. The Morgan fingerprint density at radius 3 is 2.89 bits per heavy atom. The van der Waals surface area contributed by atoms with Gasteiger partial charge in [-0.2, -0.15) is 16.3 Å². The molecule has 0 bridgehead atoms. The zero-order valence-corrected chi connectivity index (χ0v) is 11.2. The number of nitrogens with two attached hydrogens (primary N) is 1. The van der Waals surface area contributed by atoms with E-state index in [1.165, 1.54) is 0 Å². The van der Waals surface area contributed by atoms with E-state index in [1.807, 2.05) is 16.8 Å². The normalized spacial score (nSPS) is 28.4. The second-order valence-corrected chi connectivity index (χ2v) is 6.05. The SMILES string of the molecule is CC1CCC(N)(c2nc(-c3ccsc3)no2)CC1. The molecule has 0 saturated heterocycles. The zero-order chi connectivity index (χ0) is 12.6. The Morgan fingerprint density at radius 2 is 2.22 bits per heavy atom. The highest BCUT2D eigenvalue weighted by atomic mass is 32.1. The molecule has 5 heteroatoms. The zero-order valence-electron chi connectivity index (χ0n) is 10.4. The van der Waals surface area contributed by atoms with Crippen molar-refractivity contribution in [3.8, 4) is 11.4 Å². The van der Waals surface area contributed by atoms with Crippen LogP contribution < -0.4 is 5.73 Å². The van der Waals surface area contributed by atoms with Gasteiger partial charge in [-0.25, -0.2) is 0 Å². The number of thiophene rings is 1. The van der Waals surface area contributed by atoms with Crippen LogP contribution in [0, 0.1) is 5.92 Å². The van der Waals surface area contributed by atoms with Crippen molar-refractivity contribution in [2.24, 2.45) is 11.7 Å². The van der Waals surface area contributed by atoms with Gasteiger partial charge in [0.25, 0.3) is 0 Å². The highest BCUT2D eigenvalue weighted by Gasteiger charge is 2.37. The molecule has 0 amide bonds. The van der Waals surface area contributed by atoms with Gasteiger partial charge in [-0.1, -0.05) is 12.1 Å². The molecule has 0 aliphatic heterocycles. The van der Waals surface area contributed by atoms with Gasteiger partial charge in [0, 0.05) is 10.9 Å². The Bertz CT molecular complexity index is 512. The van der Waals surface area contributed by atoms with Crippen molar-refractivity contribution in [3.05, 3.63) is 22.7 Å². The van der Waals surface area contributed by atoms with Gasteiger partial charge in [0.05, 0.1) is 5.54 Å². The van der Waals surface area contributed by atoms with Gasteiger partial charge >= 0.3 is 0 Å². The van der Waals surface area contributed by atoms with Crippen LogP contribution in [0.5, 0.6) is 0 Å². The first-order valence-corrected chi connectivity index (χ1v) is 7.27. The van der Waals surface area contributed by atoms with E-state index in [1.54, 1.807) is 11.3 Å². The largest absolute Gasteiger partial charge is 0.337 e. The first kappa shape index (κ1) is 11.9. The summed E-state index contributed by atoms with van der Waals surface area (Å²) in [5.74, 6) is 1.99. The Kier molecular flexibility index (Phi) is 2.95. The maximum Gasteiger partial charge on any atom is 0.247 e. The molecule has 0 atom stereocenters. The fraction of sp³-hybridized carbons (Fsp3) is 0.538. The quantitative estimate of drug-likeness (QED) is 0.903. The van der Waals surface area contributed by atoms with Crippen molar-refractivity contribution in [2.75, 3.05) is 0 Å². The number of aromatic nitrogens is 2. The van der Waals surface area contributed by atoms with E-state index in [0.29, 0.717) is 11.7 Å². The van der Waals surface area contributed by atoms with E-state index in [-0.39, 0.29) is 0 Å². The van der Waals surface area contributed by atoms with Crippen molar-refractivity contribution in [2.45, 2.75) is 38.1 Å². The van der Waals surface area contributed by atoms with Crippen LogP contribution in [-0.4, -0.2) is 10.1 Å². The minimum absolute atomic E-state index is 0.423. The van der Waals surface area contributed by atoms with Crippen molar-refractivity contribution < 1.29 is 4.52 Å². The highest BCUT2D eigenvalue weighted by Crippen LogP contribution is 2.37. The second kappa shape index (κ2) is 4.48. The number of nitrogens with zero attached hydrogens (tertiary/aromatic N) is 2. The summed E-state index contributed by atoms with van der Waals surface area (Å²) in [6, 6.07) is 1.99. The Hall–Kier alpha value is -1.20. The molecule has 2 aromatic rings. The molecule has 0 radical (unpaired) electrons. The van der Waals surface area contributed by atoms with E-state index in [2.05, 4.69) is 17.1 Å². The molecule has 3 rings (SSSR count). The predicted molar refractivity (Wildman–Crippen MR) is 71.1 cm³/mol. The third kappa shape index (κ3) is 2.08. The highest BCUT2D eigenvalue weighted by molar-refractivity contribution is 7.08. The topological polar surface area (TPSA) is 64.9 Å². The molecule has 2 heterocycles. The lowest BCUT2D eigenvalue weighted by Gasteiger charge is -2.32.